The third-order valence-electron chi connectivity index (χ3n) is 25.0. The van der Waals surface area contributed by atoms with Gasteiger partial charge in [-0.3, -0.25) is 24.0 Å². The largest absolute Gasteiger partial charge is 0.394 e. The number of hydrogen-bond donors (Lipinski definition) is 34. The molecule has 34 N–H and O–H groups in total. The predicted octanol–water partition coefficient (Wildman–Crippen LogP) is -23.2. The summed E-state index contributed by atoms with van der Waals surface area (Å²) in [6.45, 7) is -6.27. The summed E-state index contributed by atoms with van der Waals surface area (Å²) in [4.78, 5) is 65.5. The number of hydrogen-bond acceptors (Lipinski definition) is 55. The maximum absolute atomic E-state index is 13.5. The molecule has 0 aromatic carbocycles. The van der Waals surface area contributed by atoms with Crippen molar-refractivity contribution in [3.8, 4) is 0 Å². The van der Waals surface area contributed by atoms with Gasteiger partial charge in [0.25, 0.3) is 0 Å². The average molecular weight is 1990 g/mol. The van der Waals surface area contributed by atoms with Crippen molar-refractivity contribution in [3.05, 3.63) is 0 Å². The fourth-order valence-corrected chi connectivity index (χ4v) is 17.8. The first-order valence-corrected chi connectivity index (χ1v) is 43.5. The molecule has 0 spiro atoms. The molecular weight excluding hydrogens is 1860 g/mol. The second-order valence-electron chi connectivity index (χ2n) is 34.5. The second-order valence-corrected chi connectivity index (χ2v) is 34.5. The summed E-state index contributed by atoms with van der Waals surface area (Å²) < 4.78 is 128. The number of aliphatic hydroxyl groups excluding tert-OH is 29. The van der Waals surface area contributed by atoms with E-state index >= 15 is 0 Å². The zero-order valence-electron chi connectivity index (χ0n) is 73.4. The summed E-state index contributed by atoms with van der Waals surface area (Å²) in [5.41, 5.74) is 0. The molecule has 0 aromatic heterocycles. The molecule has 786 valence electrons. The highest BCUT2D eigenvalue weighted by atomic mass is 16.8. The fraction of sp³-hybridized carbons (Fsp3) is 0.934. The van der Waals surface area contributed by atoms with Gasteiger partial charge in [0.1, 0.15) is 262 Å². The Kier molecular flexibility index (Phi) is 40.1. The van der Waals surface area contributed by atoms with Gasteiger partial charge < -0.3 is 274 Å². The molecule has 11 rings (SSSR count). The number of carbonyl (C=O) groups is 5. The van der Waals surface area contributed by atoms with E-state index in [4.69, 9.17) is 99.5 Å². The molecule has 0 aromatic rings. The van der Waals surface area contributed by atoms with Crippen LogP contribution in [0.15, 0.2) is 0 Å². The number of aliphatic hydroxyl groups is 29. The van der Waals surface area contributed by atoms with Gasteiger partial charge in [0.15, 0.2) is 69.2 Å². The number of rotatable bonds is 35. The quantitative estimate of drug-likeness (QED) is 0.0280. The van der Waals surface area contributed by atoms with E-state index in [0.717, 1.165) is 34.6 Å². The van der Waals surface area contributed by atoms with E-state index in [9.17, 15) is 172 Å². The monoisotopic (exact) mass is 1990 g/mol. The molecule has 0 saturated carbocycles. The average Bonchev–Trinajstić information content (AvgIpc) is 0.752. The maximum atomic E-state index is 13.5. The molecule has 11 fully saturated rings. The normalized spacial score (nSPS) is 49.2. The first-order valence-electron chi connectivity index (χ1n) is 43.5. The van der Waals surface area contributed by atoms with Gasteiger partial charge in [-0.05, 0) is 6.92 Å². The van der Waals surface area contributed by atoms with E-state index in [2.05, 4.69) is 26.6 Å². The van der Waals surface area contributed by atoms with Crippen molar-refractivity contribution in [3.63, 3.8) is 0 Å². The van der Waals surface area contributed by atoms with Crippen LogP contribution >= 0.6 is 0 Å². The van der Waals surface area contributed by atoms with Crippen molar-refractivity contribution in [2.45, 2.75) is 379 Å². The molecule has 55 atom stereocenters. The van der Waals surface area contributed by atoms with Crippen LogP contribution in [0.25, 0.3) is 0 Å². The lowest BCUT2D eigenvalue weighted by atomic mass is 9.93. The van der Waals surface area contributed by atoms with E-state index < -0.39 is 433 Å². The van der Waals surface area contributed by atoms with E-state index in [0.29, 0.717) is 0 Å². The molecule has 0 radical (unpaired) electrons. The molecule has 0 bridgehead atoms. The minimum absolute atomic E-state index is 0.835. The first-order chi connectivity index (χ1) is 64.3. The van der Waals surface area contributed by atoms with Crippen molar-refractivity contribution in [1.29, 1.82) is 0 Å². The van der Waals surface area contributed by atoms with Crippen LogP contribution in [0, 0.1) is 0 Å². The van der Waals surface area contributed by atoms with Gasteiger partial charge in [0.05, 0.1) is 72.2 Å². The van der Waals surface area contributed by atoms with Gasteiger partial charge in [-0.2, -0.15) is 0 Å². The van der Waals surface area contributed by atoms with Gasteiger partial charge in [0, 0.05) is 34.6 Å². The Morgan fingerprint density at radius 3 is 0.816 bits per heavy atom. The Morgan fingerprint density at radius 1 is 0.206 bits per heavy atom. The maximum Gasteiger partial charge on any atom is 0.217 e. The van der Waals surface area contributed by atoms with E-state index in [-0.39, 0.29) is 0 Å². The van der Waals surface area contributed by atoms with Crippen LogP contribution in [-0.4, -0.2) is 581 Å². The summed E-state index contributed by atoms with van der Waals surface area (Å²) in [5, 5.41) is 340. The zero-order valence-corrected chi connectivity index (χ0v) is 73.4. The van der Waals surface area contributed by atoms with Crippen LogP contribution < -0.4 is 26.6 Å². The Balaban J connectivity index is 1.01. The minimum atomic E-state index is -2.81. The molecule has 11 heterocycles. The lowest BCUT2D eigenvalue weighted by Crippen LogP contribution is -2.71. The van der Waals surface area contributed by atoms with Crippen LogP contribution in [0.4, 0.5) is 0 Å². The van der Waals surface area contributed by atoms with Crippen LogP contribution in [0.1, 0.15) is 41.5 Å². The Labute approximate surface area is 770 Å². The second kappa shape index (κ2) is 48.8. The van der Waals surface area contributed by atoms with E-state index in [1.54, 1.807) is 0 Å². The fourth-order valence-electron chi connectivity index (χ4n) is 17.8. The van der Waals surface area contributed by atoms with Gasteiger partial charge in [-0.15, -0.1) is 0 Å². The third kappa shape index (κ3) is 24.6. The minimum Gasteiger partial charge on any atom is -0.394 e. The molecule has 11 saturated heterocycles. The molecule has 5 amide bonds. The molecule has 60 nitrogen and oxygen atoms in total. The van der Waals surface area contributed by atoms with Gasteiger partial charge in [0.2, 0.25) is 29.5 Å². The highest BCUT2D eigenvalue weighted by Crippen LogP contribution is 2.43. The Hall–Kier alpha value is -4.65. The van der Waals surface area contributed by atoms with Crippen LogP contribution in [-0.2, 0) is 123 Å². The number of amides is 5. The Morgan fingerprint density at radius 2 is 0.441 bits per heavy atom. The summed E-state index contributed by atoms with van der Waals surface area (Å²) >= 11 is 0. The topological polar surface area (TPSA) is 926 Å². The van der Waals surface area contributed by atoms with Gasteiger partial charge in [-0.25, -0.2) is 0 Å². The number of carbonyl (C=O) groups excluding carboxylic acids is 5. The Bertz CT molecular complexity index is 3760. The summed E-state index contributed by atoms with van der Waals surface area (Å²) in [7, 11) is 0. The predicted molar refractivity (Wildman–Crippen MR) is 419 cm³/mol. The summed E-state index contributed by atoms with van der Waals surface area (Å²) in [6, 6.07) is -10.0. The molecular formula is C76H127N5O55. The molecule has 1 unspecified atom stereocenters. The number of nitrogens with one attached hydrogen (secondary N) is 5. The van der Waals surface area contributed by atoms with Crippen LogP contribution in [0.2, 0.25) is 0 Å². The van der Waals surface area contributed by atoms with Gasteiger partial charge >= 0.3 is 0 Å². The van der Waals surface area contributed by atoms with Crippen molar-refractivity contribution in [2.75, 3.05) is 66.1 Å². The molecule has 136 heavy (non-hydrogen) atoms. The molecule has 60 heteroatoms. The van der Waals surface area contributed by atoms with Gasteiger partial charge in [-0.1, -0.05) is 0 Å². The van der Waals surface area contributed by atoms with Crippen molar-refractivity contribution in [2.24, 2.45) is 0 Å². The molecule has 11 aliphatic heterocycles. The number of ether oxygens (including phenoxy) is 21. The first kappa shape index (κ1) is 112. The lowest BCUT2D eigenvalue weighted by Gasteiger charge is -2.52. The summed E-state index contributed by atoms with van der Waals surface area (Å²) in [6.07, 6.45) is -109. The highest BCUT2D eigenvalue weighted by Gasteiger charge is 2.64. The van der Waals surface area contributed by atoms with E-state index in [1.165, 1.54) is 6.92 Å². The van der Waals surface area contributed by atoms with Crippen molar-refractivity contribution in [1.82, 2.24) is 26.6 Å². The SMILES string of the molecule is CC(=O)N[C@H]1[C@H](O[C@H]2[C@H](O)[C@@H](NC(C)=O)C(O)O[C@@H]2CO)O[C@H](CO)[C@@H](O[C@@H]2O[C@H](CO[C@H]3O[C@H](CO)[C@@H](O)[C@H](O)[C@@H]3O[C@@H]3O[C@H](CO)[C@@H](O[C@@H]4O[C@H](CO)[C@H](O)[C@H](O)[C@H]4O[C@@H]4O[C@@H](C)[C@@H](O)[C@@H](O)[C@@H]4O)[C@H](O)[C@H]3NC(C)=O)[C@@H](O[C@@H]3O[C@H](CO)[C@@H](O)[C@H](O)[C@H]3NC(C)=O)[C@H](O[C@H]3O[C@H](CO)[C@@H](O)[C@H](O)[C@@H]3O[C@@H]3O[C@H](CO)[C@@H](O[C@@H]4O[C@H](CO)[C@H](O)[C@H](O)[C@H]4O)[C@H](O)[C@H]3NC(C)=O)[C@@H]2O)[C@@H]1O. The van der Waals surface area contributed by atoms with Crippen molar-refractivity contribution < 1.29 is 272 Å². The standard InChI is InChI=1S/C76H127N5O55/c1-17-38(96)49(107)54(112)71(117-17)136-65-53(111)43(101)26(10-85)122-75(65)131-60-31(15-90)126-69(37(48(60)106)81-22(6)95)134-63-51(109)41(99)25(9-84)121-74(63)116-16-32-61(132-67-34(78-19(3)92)44(102)39(97)23(7-82)119-67)62(56(114)73(127-32)130-59-30(14-89)124-68(35(46(59)104)79-20(4)93)128-57-28(12-87)118-66(115)33(45(57)103)77-18(2)91)133-76-64(52(110)42(100)27(11-86)123-76)135-70-36(80-21(5)94)47(105)58(29(13-88)125-70)129-72-55(113)50(108)40(98)24(8-83)120-72/h17,23-76,82-90,96-115H,7-16H2,1-6H3,(H,77,91)(H,78,92)(H,79,93)(H,80,94)(H,81,95)/t17-,23+,24+,25+,26+,27+,28+,29+,30+,31+,32+,33+,34+,35+,36+,37+,38+,39+,40-,41+,42+,43-,44+,45+,46+,47+,48+,49+,50-,51-,52-,53-,54-,55+,56-,57+,58+,59+,60+,61+,62+,63-,64-,65+,66?,67-,68-,69-,70-,71-,72-,73-,74-,75-,76+/m0/s1. The van der Waals surface area contributed by atoms with Crippen molar-refractivity contribution >= 4 is 29.5 Å². The highest BCUT2D eigenvalue weighted by molar-refractivity contribution is 5.75. The smallest absolute Gasteiger partial charge is 0.217 e. The third-order valence-corrected chi connectivity index (χ3v) is 25.0. The molecule has 0 aliphatic carbocycles. The lowest BCUT2D eigenvalue weighted by molar-refractivity contribution is -0.409. The molecule has 11 aliphatic rings. The van der Waals surface area contributed by atoms with E-state index in [1.807, 2.05) is 0 Å². The zero-order chi connectivity index (χ0) is 100. The van der Waals surface area contributed by atoms with Crippen LogP contribution in [0.5, 0.6) is 0 Å². The van der Waals surface area contributed by atoms with Crippen LogP contribution in [0.3, 0.4) is 0 Å². The summed E-state index contributed by atoms with van der Waals surface area (Å²) in [5.74, 6) is -4.94.